The number of benzene rings is 1. The van der Waals surface area contributed by atoms with E-state index in [2.05, 4.69) is 10.4 Å². The molecule has 1 aromatic heterocycles. The SMILES string of the molecule is Cc1cnn(-c2ccc(NC(=O)N3CCC(C(=O)O)CC3)cc2F)c1. The van der Waals surface area contributed by atoms with Crippen molar-refractivity contribution in [2.75, 3.05) is 18.4 Å². The number of carboxylic acid groups (broad SMARTS) is 1. The number of urea groups is 1. The molecule has 25 heavy (non-hydrogen) atoms. The lowest BCUT2D eigenvalue weighted by Crippen LogP contribution is -2.42. The largest absolute Gasteiger partial charge is 0.481 e. The molecule has 8 heteroatoms. The summed E-state index contributed by atoms with van der Waals surface area (Å²) in [6.07, 6.45) is 4.20. The van der Waals surface area contributed by atoms with Gasteiger partial charge in [0.15, 0.2) is 5.82 Å². The Morgan fingerprint density at radius 2 is 2.04 bits per heavy atom. The molecule has 1 saturated heterocycles. The van der Waals surface area contributed by atoms with Gasteiger partial charge in [-0.05, 0) is 43.5 Å². The molecular formula is C17H19FN4O3. The van der Waals surface area contributed by atoms with Crippen LogP contribution in [-0.2, 0) is 4.79 Å². The number of carbonyl (C=O) groups is 2. The van der Waals surface area contributed by atoms with Gasteiger partial charge in [-0.2, -0.15) is 5.10 Å². The third kappa shape index (κ3) is 3.78. The summed E-state index contributed by atoms with van der Waals surface area (Å²) in [5.74, 6) is -1.73. The van der Waals surface area contributed by atoms with Gasteiger partial charge in [0.1, 0.15) is 5.69 Å². The fraction of sp³-hybridized carbons (Fsp3) is 0.353. The van der Waals surface area contributed by atoms with Crippen LogP contribution in [0.2, 0.25) is 0 Å². The molecule has 2 aromatic rings. The number of amides is 2. The quantitative estimate of drug-likeness (QED) is 0.894. The maximum Gasteiger partial charge on any atom is 0.321 e. The maximum absolute atomic E-state index is 14.3. The van der Waals surface area contributed by atoms with Crippen molar-refractivity contribution in [2.24, 2.45) is 5.92 Å². The van der Waals surface area contributed by atoms with Crippen LogP contribution in [0.15, 0.2) is 30.6 Å². The first-order valence-corrected chi connectivity index (χ1v) is 8.04. The molecule has 2 N–H and O–H groups in total. The molecule has 7 nitrogen and oxygen atoms in total. The summed E-state index contributed by atoms with van der Waals surface area (Å²) in [6, 6.07) is 4.05. The van der Waals surface area contributed by atoms with E-state index in [9.17, 15) is 14.0 Å². The first kappa shape index (κ1) is 16.9. The number of likely N-dealkylation sites (tertiary alicyclic amines) is 1. The van der Waals surface area contributed by atoms with Gasteiger partial charge in [-0.15, -0.1) is 0 Å². The van der Waals surface area contributed by atoms with Crippen LogP contribution in [0.5, 0.6) is 0 Å². The van der Waals surface area contributed by atoms with Crippen LogP contribution in [0.4, 0.5) is 14.9 Å². The van der Waals surface area contributed by atoms with E-state index < -0.39 is 17.7 Å². The number of piperidine rings is 1. The molecule has 0 unspecified atom stereocenters. The van der Waals surface area contributed by atoms with E-state index in [1.807, 2.05) is 6.92 Å². The molecule has 2 amide bonds. The molecule has 2 heterocycles. The Bertz CT molecular complexity index is 797. The normalized spacial score (nSPS) is 15.2. The van der Waals surface area contributed by atoms with Crippen LogP contribution >= 0.6 is 0 Å². The van der Waals surface area contributed by atoms with E-state index in [-0.39, 0.29) is 6.03 Å². The first-order chi connectivity index (χ1) is 11.9. The van der Waals surface area contributed by atoms with Crippen molar-refractivity contribution in [3.05, 3.63) is 42.0 Å². The molecule has 1 fully saturated rings. The molecule has 3 rings (SSSR count). The van der Waals surface area contributed by atoms with E-state index in [1.165, 1.54) is 10.7 Å². The van der Waals surface area contributed by atoms with Gasteiger partial charge < -0.3 is 15.3 Å². The smallest absolute Gasteiger partial charge is 0.321 e. The highest BCUT2D eigenvalue weighted by atomic mass is 19.1. The number of aliphatic carboxylic acids is 1. The summed E-state index contributed by atoms with van der Waals surface area (Å²) in [7, 11) is 0. The number of rotatable bonds is 3. The predicted molar refractivity (Wildman–Crippen MR) is 89.2 cm³/mol. The Labute approximate surface area is 144 Å². The van der Waals surface area contributed by atoms with Crippen LogP contribution in [-0.4, -0.2) is 44.9 Å². The third-order valence-corrected chi connectivity index (χ3v) is 4.29. The predicted octanol–water partition coefficient (Wildman–Crippen LogP) is 2.65. The average Bonchev–Trinajstić information content (AvgIpc) is 3.01. The summed E-state index contributed by atoms with van der Waals surface area (Å²) in [4.78, 5) is 24.7. The van der Waals surface area contributed by atoms with Gasteiger partial charge >= 0.3 is 12.0 Å². The van der Waals surface area contributed by atoms with Crippen molar-refractivity contribution in [2.45, 2.75) is 19.8 Å². The molecule has 1 aliphatic heterocycles. The molecule has 0 bridgehead atoms. The van der Waals surface area contributed by atoms with Gasteiger partial charge in [0.05, 0.1) is 12.1 Å². The standard InChI is InChI=1S/C17H19FN4O3/c1-11-9-19-22(10-11)15-3-2-13(8-14(15)18)20-17(25)21-6-4-12(5-7-21)16(23)24/h2-3,8-10,12H,4-7H2,1H3,(H,20,25)(H,23,24). The van der Waals surface area contributed by atoms with E-state index in [1.54, 1.807) is 29.4 Å². The lowest BCUT2D eigenvalue weighted by atomic mass is 9.97. The zero-order valence-electron chi connectivity index (χ0n) is 13.8. The molecule has 132 valence electrons. The van der Waals surface area contributed by atoms with Gasteiger partial charge in [-0.3, -0.25) is 4.79 Å². The number of aromatic nitrogens is 2. The monoisotopic (exact) mass is 346 g/mol. The van der Waals surface area contributed by atoms with Crippen molar-refractivity contribution < 1.29 is 19.1 Å². The number of hydrogen-bond donors (Lipinski definition) is 2. The molecule has 0 atom stereocenters. The minimum Gasteiger partial charge on any atom is -0.481 e. The summed E-state index contributed by atoms with van der Waals surface area (Å²) >= 11 is 0. The number of carbonyl (C=O) groups excluding carboxylic acids is 1. The zero-order valence-corrected chi connectivity index (χ0v) is 13.8. The second kappa shape index (κ2) is 6.92. The lowest BCUT2D eigenvalue weighted by molar-refractivity contribution is -0.143. The Morgan fingerprint density at radius 1 is 1.32 bits per heavy atom. The van der Waals surface area contributed by atoms with Gasteiger partial charge in [-0.1, -0.05) is 0 Å². The minimum absolute atomic E-state index is 0.299. The van der Waals surface area contributed by atoms with E-state index >= 15 is 0 Å². The highest BCUT2D eigenvalue weighted by Gasteiger charge is 2.27. The molecule has 0 aliphatic carbocycles. The van der Waals surface area contributed by atoms with Gasteiger partial charge in [-0.25, -0.2) is 13.9 Å². The first-order valence-electron chi connectivity index (χ1n) is 8.04. The molecule has 0 radical (unpaired) electrons. The van der Waals surface area contributed by atoms with Crippen molar-refractivity contribution >= 4 is 17.7 Å². The van der Waals surface area contributed by atoms with Crippen LogP contribution in [0.25, 0.3) is 5.69 Å². The van der Waals surface area contributed by atoms with Gasteiger partial charge in [0.25, 0.3) is 0 Å². The summed E-state index contributed by atoms with van der Waals surface area (Å²) < 4.78 is 15.7. The third-order valence-electron chi connectivity index (χ3n) is 4.29. The number of aryl methyl sites for hydroxylation is 1. The summed E-state index contributed by atoms with van der Waals surface area (Å²) in [6.45, 7) is 2.61. The Morgan fingerprint density at radius 3 is 2.60 bits per heavy atom. The van der Waals surface area contributed by atoms with Crippen LogP contribution in [0, 0.1) is 18.7 Å². The number of halogens is 1. The molecule has 1 aromatic carbocycles. The van der Waals surface area contributed by atoms with Gasteiger partial charge in [0.2, 0.25) is 0 Å². The maximum atomic E-state index is 14.3. The topological polar surface area (TPSA) is 87.5 Å². The summed E-state index contributed by atoms with van der Waals surface area (Å²) in [5.41, 5.74) is 1.56. The molecular weight excluding hydrogens is 327 g/mol. The Kier molecular flexibility index (Phi) is 4.69. The fourth-order valence-corrected chi connectivity index (χ4v) is 2.85. The molecule has 1 aliphatic rings. The number of carboxylic acids is 1. The number of nitrogens with one attached hydrogen (secondary N) is 1. The lowest BCUT2D eigenvalue weighted by Gasteiger charge is -2.30. The summed E-state index contributed by atoms with van der Waals surface area (Å²) in [5, 5.41) is 15.7. The highest BCUT2D eigenvalue weighted by molar-refractivity contribution is 5.89. The molecule has 0 saturated carbocycles. The Hall–Kier alpha value is -2.90. The van der Waals surface area contributed by atoms with Crippen molar-refractivity contribution in [1.29, 1.82) is 0 Å². The number of anilines is 1. The van der Waals surface area contributed by atoms with Crippen LogP contribution in [0.1, 0.15) is 18.4 Å². The number of hydrogen-bond acceptors (Lipinski definition) is 3. The van der Waals surface area contributed by atoms with E-state index in [4.69, 9.17) is 5.11 Å². The zero-order chi connectivity index (χ0) is 18.0. The number of nitrogens with zero attached hydrogens (tertiary/aromatic N) is 3. The van der Waals surface area contributed by atoms with Crippen LogP contribution < -0.4 is 5.32 Å². The highest BCUT2D eigenvalue weighted by Crippen LogP contribution is 2.21. The fourth-order valence-electron chi connectivity index (χ4n) is 2.85. The second-order valence-electron chi connectivity index (χ2n) is 6.16. The van der Waals surface area contributed by atoms with E-state index in [0.717, 1.165) is 5.56 Å². The second-order valence-corrected chi connectivity index (χ2v) is 6.16. The molecule has 0 spiro atoms. The van der Waals surface area contributed by atoms with Crippen molar-refractivity contribution in [3.8, 4) is 5.69 Å². The average molecular weight is 346 g/mol. The van der Waals surface area contributed by atoms with Gasteiger partial charge in [0, 0.05) is 25.0 Å². The van der Waals surface area contributed by atoms with E-state index in [0.29, 0.717) is 37.3 Å². The Balaban J connectivity index is 1.64. The van der Waals surface area contributed by atoms with Crippen LogP contribution in [0.3, 0.4) is 0 Å². The minimum atomic E-state index is -0.827. The van der Waals surface area contributed by atoms with Crippen molar-refractivity contribution in [1.82, 2.24) is 14.7 Å². The van der Waals surface area contributed by atoms with Crippen molar-refractivity contribution in [3.63, 3.8) is 0 Å².